The molecular weight excluding hydrogens is 294 g/mol. The quantitative estimate of drug-likeness (QED) is 0.846. The number of carbonyl (C=O) groups is 2. The second-order valence-corrected chi connectivity index (χ2v) is 8.52. The van der Waals surface area contributed by atoms with Gasteiger partial charge in [0.05, 0.1) is 0 Å². The fourth-order valence-corrected chi connectivity index (χ4v) is 3.70. The third kappa shape index (κ3) is 3.99. The largest absolute Gasteiger partial charge is 0.479 e. The molecular formula is C18H31NO4. The molecule has 5 nitrogen and oxygen atoms in total. The molecule has 0 heterocycles. The number of carbonyl (C=O) groups excluding carboxylic acids is 1. The lowest BCUT2D eigenvalue weighted by molar-refractivity contribution is -0.156. The third-order valence-electron chi connectivity index (χ3n) is 5.07. The van der Waals surface area contributed by atoms with Crippen LogP contribution >= 0.6 is 0 Å². The monoisotopic (exact) mass is 325 g/mol. The Morgan fingerprint density at radius 2 is 1.83 bits per heavy atom. The number of hydrogen-bond acceptors (Lipinski definition) is 3. The summed E-state index contributed by atoms with van der Waals surface area (Å²) in [6.07, 6.45) is 4.24. The third-order valence-corrected chi connectivity index (χ3v) is 5.07. The molecule has 0 aromatic carbocycles. The van der Waals surface area contributed by atoms with Gasteiger partial charge in [-0.1, -0.05) is 20.3 Å². The highest BCUT2D eigenvalue weighted by molar-refractivity contribution is 5.85. The van der Waals surface area contributed by atoms with Crippen molar-refractivity contribution in [3.63, 3.8) is 0 Å². The zero-order valence-electron chi connectivity index (χ0n) is 15.1. The molecule has 2 fully saturated rings. The van der Waals surface area contributed by atoms with Crippen molar-refractivity contribution in [1.82, 2.24) is 4.90 Å². The molecule has 0 bridgehead atoms. The molecule has 2 aliphatic rings. The van der Waals surface area contributed by atoms with E-state index in [0.29, 0.717) is 24.7 Å². The summed E-state index contributed by atoms with van der Waals surface area (Å²) < 4.78 is 5.55. The van der Waals surface area contributed by atoms with Gasteiger partial charge in [0.15, 0.2) is 0 Å². The summed E-state index contributed by atoms with van der Waals surface area (Å²) in [4.78, 5) is 26.6. The molecule has 0 aromatic heterocycles. The van der Waals surface area contributed by atoms with Gasteiger partial charge in [0.2, 0.25) is 0 Å². The minimum absolute atomic E-state index is 0.0202. The zero-order chi connectivity index (χ0) is 17.4. The standard InChI is InChI=1S/C18H31NO4/c1-12(2)13-7-6-10-18(11-13,15(20)21)19(14-8-9-14)16(22)23-17(3,4)5/h12-14H,6-11H2,1-5H3,(H,20,21). The Hall–Kier alpha value is -1.26. The van der Waals surface area contributed by atoms with Crippen LogP contribution in [0.15, 0.2) is 0 Å². The Morgan fingerprint density at radius 3 is 2.26 bits per heavy atom. The fourth-order valence-electron chi connectivity index (χ4n) is 3.70. The normalized spacial score (nSPS) is 28.5. The molecule has 0 radical (unpaired) electrons. The van der Waals surface area contributed by atoms with Crippen molar-refractivity contribution in [2.45, 2.75) is 90.3 Å². The molecule has 2 rings (SSSR count). The summed E-state index contributed by atoms with van der Waals surface area (Å²) in [5.41, 5.74) is -1.72. The maximum absolute atomic E-state index is 12.8. The molecule has 132 valence electrons. The number of ether oxygens (including phenoxy) is 1. The molecule has 0 saturated heterocycles. The van der Waals surface area contributed by atoms with Crippen LogP contribution < -0.4 is 0 Å². The number of rotatable bonds is 4. The minimum atomic E-state index is -1.10. The van der Waals surface area contributed by atoms with Crippen molar-refractivity contribution in [2.75, 3.05) is 0 Å². The van der Waals surface area contributed by atoms with Crippen LogP contribution in [0, 0.1) is 11.8 Å². The SMILES string of the molecule is CC(C)C1CCCC(C(=O)O)(N(C(=O)OC(C)(C)C)C2CC2)C1. The van der Waals surface area contributed by atoms with Crippen molar-refractivity contribution >= 4 is 12.1 Å². The second kappa shape index (κ2) is 6.33. The fraction of sp³-hybridized carbons (Fsp3) is 0.889. The Kier molecular flexibility index (Phi) is 4.97. The van der Waals surface area contributed by atoms with Crippen molar-refractivity contribution in [3.8, 4) is 0 Å². The average Bonchev–Trinajstić information content (AvgIpc) is 3.21. The molecule has 23 heavy (non-hydrogen) atoms. The van der Waals surface area contributed by atoms with E-state index in [1.165, 1.54) is 0 Å². The van der Waals surface area contributed by atoms with Gasteiger partial charge in [-0.05, 0) is 64.7 Å². The second-order valence-electron chi connectivity index (χ2n) is 8.52. The highest BCUT2D eigenvalue weighted by Gasteiger charge is 2.55. The molecule has 2 atom stereocenters. The van der Waals surface area contributed by atoms with Crippen LogP contribution in [0.4, 0.5) is 4.79 Å². The smallest absolute Gasteiger partial charge is 0.411 e. The number of carboxylic acid groups (broad SMARTS) is 1. The Balaban J connectivity index is 2.32. The Morgan fingerprint density at radius 1 is 1.22 bits per heavy atom. The van der Waals surface area contributed by atoms with Crippen LogP contribution in [0.3, 0.4) is 0 Å². The van der Waals surface area contributed by atoms with E-state index in [4.69, 9.17) is 4.74 Å². The first-order valence-corrected chi connectivity index (χ1v) is 8.82. The molecule has 2 unspecified atom stereocenters. The van der Waals surface area contributed by atoms with Gasteiger partial charge in [0.1, 0.15) is 11.1 Å². The van der Waals surface area contributed by atoms with Gasteiger partial charge < -0.3 is 9.84 Å². The highest BCUT2D eigenvalue weighted by Crippen LogP contribution is 2.45. The summed E-state index contributed by atoms with van der Waals surface area (Å²) >= 11 is 0. The predicted octanol–water partition coefficient (Wildman–Crippen LogP) is 4.06. The van der Waals surface area contributed by atoms with Crippen LogP contribution in [0.1, 0.15) is 73.1 Å². The number of hydrogen-bond donors (Lipinski definition) is 1. The van der Waals surface area contributed by atoms with E-state index >= 15 is 0 Å². The van der Waals surface area contributed by atoms with Crippen LogP contribution in [0.5, 0.6) is 0 Å². The molecule has 2 aliphatic carbocycles. The summed E-state index contributed by atoms with van der Waals surface area (Å²) in [6.45, 7) is 9.73. The topological polar surface area (TPSA) is 66.8 Å². The van der Waals surface area contributed by atoms with E-state index in [1.807, 2.05) is 20.8 Å². The van der Waals surface area contributed by atoms with E-state index in [1.54, 1.807) is 4.90 Å². The van der Waals surface area contributed by atoms with Gasteiger partial charge >= 0.3 is 12.1 Å². The molecule has 5 heteroatoms. The molecule has 0 aromatic rings. The molecule has 1 N–H and O–H groups in total. The summed E-state index contributed by atoms with van der Waals surface area (Å²) in [6, 6.07) is 0.0202. The van der Waals surface area contributed by atoms with Gasteiger partial charge in [0.25, 0.3) is 0 Å². The van der Waals surface area contributed by atoms with Gasteiger partial charge in [-0.25, -0.2) is 9.59 Å². The van der Waals surface area contributed by atoms with Crippen molar-refractivity contribution < 1.29 is 19.4 Å². The first-order chi connectivity index (χ1) is 10.6. The van der Waals surface area contributed by atoms with Crippen molar-refractivity contribution in [1.29, 1.82) is 0 Å². The van der Waals surface area contributed by atoms with E-state index in [0.717, 1.165) is 25.7 Å². The van der Waals surface area contributed by atoms with Crippen molar-refractivity contribution in [2.24, 2.45) is 11.8 Å². The Labute approximate surface area is 139 Å². The molecule has 1 amide bonds. The number of nitrogens with zero attached hydrogens (tertiary/aromatic N) is 1. The van der Waals surface area contributed by atoms with Crippen LogP contribution in [-0.2, 0) is 9.53 Å². The van der Waals surface area contributed by atoms with E-state index in [2.05, 4.69) is 13.8 Å². The van der Waals surface area contributed by atoms with Gasteiger partial charge in [-0.3, -0.25) is 4.90 Å². The van der Waals surface area contributed by atoms with Crippen LogP contribution in [0.2, 0.25) is 0 Å². The minimum Gasteiger partial charge on any atom is -0.479 e. The summed E-state index contributed by atoms with van der Waals surface area (Å²) in [5.74, 6) is -0.113. The van der Waals surface area contributed by atoms with Crippen molar-refractivity contribution in [3.05, 3.63) is 0 Å². The van der Waals surface area contributed by atoms with Gasteiger partial charge in [-0.15, -0.1) is 0 Å². The lowest BCUT2D eigenvalue weighted by Crippen LogP contribution is -2.61. The maximum Gasteiger partial charge on any atom is 0.411 e. The maximum atomic E-state index is 12.8. The summed E-state index contributed by atoms with van der Waals surface area (Å²) in [7, 11) is 0. The van der Waals surface area contributed by atoms with Crippen LogP contribution in [0.25, 0.3) is 0 Å². The molecule has 0 spiro atoms. The predicted molar refractivity (Wildman–Crippen MR) is 88.3 cm³/mol. The number of aliphatic carboxylic acids is 1. The molecule has 2 saturated carbocycles. The zero-order valence-corrected chi connectivity index (χ0v) is 15.1. The van der Waals surface area contributed by atoms with E-state index in [9.17, 15) is 14.7 Å². The first-order valence-electron chi connectivity index (χ1n) is 8.82. The van der Waals surface area contributed by atoms with E-state index in [-0.39, 0.29) is 6.04 Å². The average molecular weight is 325 g/mol. The first kappa shape index (κ1) is 18.1. The van der Waals surface area contributed by atoms with Crippen LogP contribution in [-0.4, -0.2) is 39.3 Å². The number of carboxylic acids is 1. The lowest BCUT2D eigenvalue weighted by Gasteiger charge is -2.46. The Bertz CT molecular complexity index is 464. The van der Waals surface area contributed by atoms with Gasteiger partial charge in [-0.2, -0.15) is 0 Å². The summed E-state index contributed by atoms with van der Waals surface area (Å²) in [5, 5.41) is 10.0. The lowest BCUT2D eigenvalue weighted by atomic mass is 9.71. The van der Waals surface area contributed by atoms with E-state index < -0.39 is 23.2 Å². The highest BCUT2D eigenvalue weighted by atomic mass is 16.6. The molecule has 0 aliphatic heterocycles. The number of amides is 1. The van der Waals surface area contributed by atoms with Gasteiger partial charge in [0, 0.05) is 6.04 Å².